The summed E-state index contributed by atoms with van der Waals surface area (Å²) >= 11 is 5.82. The van der Waals surface area contributed by atoms with E-state index < -0.39 is 16.0 Å². The van der Waals surface area contributed by atoms with E-state index in [0.717, 1.165) is 40.3 Å². The molecule has 1 aliphatic heterocycles. The first-order valence-electron chi connectivity index (χ1n) is 12.1. The molecule has 9 nitrogen and oxygen atoms in total. The number of hydrogen-bond donors (Lipinski definition) is 3. The summed E-state index contributed by atoms with van der Waals surface area (Å²) < 4.78 is 27.9. The zero-order valence-electron chi connectivity index (χ0n) is 21.5. The number of carboxylic acid groups (broad SMARTS) is 1. The van der Waals surface area contributed by atoms with Gasteiger partial charge in [-0.05, 0) is 92.3 Å². The molecular formula is C28H27N5O4S2. The number of nitrogens with zero attached hydrogens (tertiary/aromatic N) is 3. The van der Waals surface area contributed by atoms with Crippen LogP contribution >= 0.6 is 12.2 Å². The number of carboxylic acids is 1. The van der Waals surface area contributed by atoms with Gasteiger partial charge in [0.2, 0.25) is 10.0 Å². The summed E-state index contributed by atoms with van der Waals surface area (Å²) in [6.07, 6.45) is 2.85. The van der Waals surface area contributed by atoms with E-state index in [1.165, 1.54) is 0 Å². The van der Waals surface area contributed by atoms with E-state index in [-0.39, 0.29) is 17.6 Å². The molecule has 0 bridgehead atoms. The number of thiocarbonyl (C=S) groups is 1. The van der Waals surface area contributed by atoms with Crippen molar-refractivity contribution in [1.82, 2.24) is 14.9 Å². The van der Waals surface area contributed by atoms with Gasteiger partial charge in [-0.15, -0.1) is 0 Å². The molecule has 0 radical (unpaired) electrons. The van der Waals surface area contributed by atoms with Gasteiger partial charge in [0.05, 0.1) is 29.6 Å². The Morgan fingerprint density at radius 1 is 1.03 bits per heavy atom. The second-order valence-electron chi connectivity index (χ2n) is 9.44. The molecular weight excluding hydrogens is 534 g/mol. The summed E-state index contributed by atoms with van der Waals surface area (Å²) in [6.45, 7) is 3.99. The lowest BCUT2D eigenvalue weighted by Gasteiger charge is -2.28. The van der Waals surface area contributed by atoms with Gasteiger partial charge in [-0.2, -0.15) is 0 Å². The van der Waals surface area contributed by atoms with Crippen LogP contribution < -0.4 is 14.9 Å². The summed E-state index contributed by atoms with van der Waals surface area (Å²) in [5.74, 6) is -0.986. The second-order valence-corrected chi connectivity index (χ2v) is 11.6. The van der Waals surface area contributed by atoms with Crippen molar-refractivity contribution >= 4 is 44.7 Å². The molecule has 1 saturated heterocycles. The third kappa shape index (κ3) is 5.23. The zero-order valence-corrected chi connectivity index (χ0v) is 23.1. The lowest BCUT2D eigenvalue weighted by Crippen LogP contribution is -2.29. The minimum absolute atomic E-state index is 0.209. The van der Waals surface area contributed by atoms with E-state index in [4.69, 9.17) is 12.2 Å². The summed E-state index contributed by atoms with van der Waals surface area (Å²) in [7, 11) is -3.41. The molecule has 200 valence electrons. The van der Waals surface area contributed by atoms with E-state index >= 15 is 0 Å². The molecule has 39 heavy (non-hydrogen) atoms. The monoisotopic (exact) mass is 561 g/mol. The van der Waals surface area contributed by atoms with Crippen LogP contribution in [0.3, 0.4) is 0 Å². The fourth-order valence-corrected chi connectivity index (χ4v) is 6.03. The molecule has 0 saturated carbocycles. The van der Waals surface area contributed by atoms with Crippen molar-refractivity contribution in [2.45, 2.75) is 25.9 Å². The summed E-state index contributed by atoms with van der Waals surface area (Å²) in [4.78, 5) is 18.2. The number of sulfonamides is 1. The van der Waals surface area contributed by atoms with Crippen molar-refractivity contribution in [2.24, 2.45) is 0 Å². The van der Waals surface area contributed by atoms with Crippen LogP contribution in [0.25, 0.3) is 5.69 Å². The third-order valence-electron chi connectivity index (χ3n) is 6.69. The average Bonchev–Trinajstić information content (AvgIpc) is 3.39. The van der Waals surface area contributed by atoms with Crippen LogP contribution in [0.2, 0.25) is 0 Å². The first-order valence-corrected chi connectivity index (χ1v) is 14.4. The van der Waals surface area contributed by atoms with Crippen molar-refractivity contribution in [3.05, 3.63) is 107 Å². The number of aromatic carboxylic acids is 1. The molecule has 11 heteroatoms. The van der Waals surface area contributed by atoms with Gasteiger partial charge in [0.25, 0.3) is 0 Å². The quantitative estimate of drug-likeness (QED) is 0.277. The average molecular weight is 562 g/mol. The molecule has 5 rings (SSSR count). The number of benzene rings is 2. The molecule has 1 aliphatic rings. The van der Waals surface area contributed by atoms with E-state index in [2.05, 4.69) is 21.1 Å². The van der Waals surface area contributed by atoms with Gasteiger partial charge in [0.1, 0.15) is 0 Å². The van der Waals surface area contributed by atoms with E-state index in [0.29, 0.717) is 10.8 Å². The van der Waals surface area contributed by atoms with E-state index in [9.17, 15) is 18.3 Å². The Balaban J connectivity index is 1.63. The zero-order chi connectivity index (χ0) is 27.9. The molecule has 0 aliphatic carbocycles. The molecule has 2 aromatic carbocycles. The molecule has 3 heterocycles. The molecule has 2 atom stereocenters. The maximum atomic E-state index is 11.7. The van der Waals surface area contributed by atoms with Crippen LogP contribution in [0.5, 0.6) is 0 Å². The fraction of sp³-hybridized carbons (Fsp3) is 0.179. The van der Waals surface area contributed by atoms with Crippen LogP contribution in [0, 0.1) is 13.8 Å². The maximum Gasteiger partial charge on any atom is 0.335 e. The van der Waals surface area contributed by atoms with Crippen LogP contribution in [-0.2, 0) is 10.0 Å². The highest BCUT2D eigenvalue weighted by Crippen LogP contribution is 2.44. The number of rotatable bonds is 7. The molecule has 1 fully saturated rings. The first-order chi connectivity index (χ1) is 18.5. The standard InChI is InChI=1S/C28H27N5O4S2/c1-17-15-23(18(2)32(17)22-8-6-7-19(16-22)27(34)35)26-25(24-9-4-5-14-29-24)30-28(38)33(26)21-12-10-20(11-13-21)31-39(3,36)37/h4-16,25-26,31H,1-3H3,(H,30,38)(H,34,35). The van der Waals surface area contributed by atoms with E-state index in [1.807, 2.05) is 59.7 Å². The number of anilines is 2. The predicted octanol–water partition coefficient (Wildman–Crippen LogP) is 4.74. The van der Waals surface area contributed by atoms with Crippen LogP contribution in [-0.4, -0.2) is 40.4 Å². The highest BCUT2D eigenvalue weighted by molar-refractivity contribution is 7.92. The van der Waals surface area contributed by atoms with Crippen LogP contribution in [0.15, 0.2) is 79.0 Å². The first kappa shape index (κ1) is 26.4. The summed E-state index contributed by atoms with van der Waals surface area (Å²) in [6, 6.07) is 21.2. The molecule has 2 aromatic heterocycles. The lowest BCUT2D eigenvalue weighted by atomic mass is 9.96. The summed E-state index contributed by atoms with van der Waals surface area (Å²) in [5, 5.41) is 13.5. The minimum Gasteiger partial charge on any atom is -0.478 e. The van der Waals surface area contributed by atoms with Gasteiger partial charge >= 0.3 is 5.97 Å². The number of aromatic nitrogens is 2. The molecule has 3 N–H and O–H groups in total. The van der Waals surface area contributed by atoms with E-state index in [1.54, 1.807) is 36.5 Å². The number of carbonyl (C=O) groups is 1. The van der Waals surface area contributed by atoms with Crippen molar-refractivity contribution in [1.29, 1.82) is 0 Å². The highest BCUT2D eigenvalue weighted by atomic mass is 32.2. The Hall–Kier alpha value is -4.22. The predicted molar refractivity (Wildman–Crippen MR) is 155 cm³/mol. The summed E-state index contributed by atoms with van der Waals surface area (Å²) in [5.41, 5.74) is 5.89. The Labute approximate surface area is 232 Å². The number of nitrogens with one attached hydrogen (secondary N) is 2. The highest BCUT2D eigenvalue weighted by Gasteiger charge is 2.42. The Kier molecular flexibility index (Phi) is 6.87. The SMILES string of the molecule is Cc1cc(C2C(c3ccccn3)NC(=S)N2c2ccc(NS(C)(=O)=O)cc2)c(C)n1-c1cccc(C(=O)O)c1. The van der Waals surface area contributed by atoms with Crippen molar-refractivity contribution in [3.8, 4) is 5.69 Å². The maximum absolute atomic E-state index is 11.7. The molecule has 0 amide bonds. The largest absolute Gasteiger partial charge is 0.478 e. The van der Waals surface area contributed by atoms with Crippen molar-refractivity contribution in [3.63, 3.8) is 0 Å². The van der Waals surface area contributed by atoms with Crippen molar-refractivity contribution in [2.75, 3.05) is 15.9 Å². The normalized spacial score (nSPS) is 17.2. The van der Waals surface area contributed by atoms with Gasteiger partial charge in [0, 0.05) is 34.6 Å². The minimum atomic E-state index is -3.41. The lowest BCUT2D eigenvalue weighted by molar-refractivity contribution is 0.0697. The smallest absolute Gasteiger partial charge is 0.335 e. The Morgan fingerprint density at radius 3 is 2.41 bits per heavy atom. The number of aryl methyl sites for hydroxylation is 1. The van der Waals surface area contributed by atoms with Gasteiger partial charge in [-0.25, -0.2) is 13.2 Å². The molecule has 2 unspecified atom stereocenters. The second kappa shape index (κ2) is 10.2. The van der Waals surface area contributed by atoms with Gasteiger partial charge in [-0.1, -0.05) is 12.1 Å². The Morgan fingerprint density at radius 2 is 1.77 bits per heavy atom. The third-order valence-corrected chi connectivity index (χ3v) is 7.61. The van der Waals surface area contributed by atoms with Gasteiger partial charge < -0.3 is 19.9 Å². The Bertz CT molecular complexity index is 1670. The van der Waals surface area contributed by atoms with Gasteiger partial charge in [0.15, 0.2) is 5.11 Å². The molecule has 4 aromatic rings. The number of hydrogen-bond acceptors (Lipinski definition) is 5. The topological polar surface area (TPSA) is 117 Å². The fourth-order valence-electron chi connectivity index (χ4n) is 5.12. The van der Waals surface area contributed by atoms with Crippen molar-refractivity contribution < 1.29 is 18.3 Å². The molecule has 0 spiro atoms. The van der Waals surface area contributed by atoms with Crippen LogP contribution in [0.1, 0.15) is 45.1 Å². The van der Waals surface area contributed by atoms with Gasteiger partial charge in [-0.3, -0.25) is 9.71 Å². The number of pyridine rings is 1. The van der Waals surface area contributed by atoms with Crippen LogP contribution in [0.4, 0.5) is 11.4 Å².